The van der Waals surface area contributed by atoms with Crippen molar-refractivity contribution in [3.63, 3.8) is 0 Å². The second kappa shape index (κ2) is 14.2. The van der Waals surface area contributed by atoms with Gasteiger partial charge in [0, 0.05) is 48.5 Å². The Kier molecular flexibility index (Phi) is 9.05. The molecule has 0 spiro atoms. The zero-order valence-electron chi connectivity index (χ0n) is 31.2. The van der Waals surface area contributed by atoms with Gasteiger partial charge in [-0.15, -0.1) is 0 Å². The zero-order valence-corrected chi connectivity index (χ0v) is 33.4. The first-order valence-electron chi connectivity index (χ1n) is 18.8. The first-order valence-corrected chi connectivity index (χ1v) is 19.9. The summed E-state index contributed by atoms with van der Waals surface area (Å²) in [6.07, 6.45) is 0. The highest BCUT2D eigenvalue weighted by Crippen LogP contribution is 2.41. The molecule has 8 aromatic carbocycles. The molecule has 0 radical (unpaired) electrons. The number of hydrogen-bond donors (Lipinski definition) is 0. The maximum atomic E-state index is 14.0. The monoisotopic (exact) mass is 830 g/mol. The quantitative estimate of drug-likeness (QED) is 0.142. The smallest absolute Gasteiger partial charge is 0.136 e. The highest BCUT2D eigenvalue weighted by molar-refractivity contribution is 14.1. The van der Waals surface area contributed by atoms with Crippen LogP contribution in [0.1, 0.15) is 50.7 Å². The Balaban J connectivity index is 1.13. The summed E-state index contributed by atoms with van der Waals surface area (Å²) in [4.78, 5) is 4.50. The minimum atomic E-state index is -0.256. The first kappa shape index (κ1) is 35.1. The van der Waals surface area contributed by atoms with Crippen LogP contribution in [0.4, 0.5) is 38.5 Å². The number of halogens is 2. The molecule has 0 aliphatic rings. The Hall–Kier alpha value is -5.66. The summed E-state index contributed by atoms with van der Waals surface area (Å²) >= 11 is 2.36. The summed E-state index contributed by atoms with van der Waals surface area (Å²) in [5.41, 5.74) is 10.5. The Morgan fingerprint density at radius 2 is 0.782 bits per heavy atom. The molecule has 0 atom stereocenters. The molecule has 0 unspecified atom stereocenters. The Labute approximate surface area is 334 Å². The van der Waals surface area contributed by atoms with Gasteiger partial charge in [-0.1, -0.05) is 64.1 Å². The van der Waals surface area contributed by atoms with Gasteiger partial charge in [-0.2, -0.15) is 0 Å². The third kappa shape index (κ3) is 6.71. The topological polar surface area (TPSA) is 19.6 Å². The van der Waals surface area contributed by atoms with E-state index in [0.717, 1.165) is 77.6 Å². The summed E-state index contributed by atoms with van der Waals surface area (Å²) in [7, 11) is 0. The standard InChI is InChI=1S/C50H40FIN2O/c1-31(2)33-5-15-41(16-6-33)53(43-21-11-39(51)12-22-43)45-19-9-35-27-47-48-28-36-10-20-46(26-38(36)30-50(48)55-49(47)29-37(35)25-45)54(44-23-13-40(52)14-24-44)42-17-7-34(8-18-42)32(3)4/h5-32H,1-4H3. The lowest BCUT2D eigenvalue weighted by Gasteiger charge is -2.26. The van der Waals surface area contributed by atoms with E-state index < -0.39 is 0 Å². The van der Waals surface area contributed by atoms with Crippen molar-refractivity contribution in [2.45, 2.75) is 39.5 Å². The maximum Gasteiger partial charge on any atom is 0.136 e. The van der Waals surface area contributed by atoms with Crippen LogP contribution < -0.4 is 9.80 Å². The Bertz CT molecular complexity index is 2630. The molecule has 1 aromatic heterocycles. The van der Waals surface area contributed by atoms with Crippen LogP contribution in [0.15, 0.2) is 162 Å². The van der Waals surface area contributed by atoms with Crippen LogP contribution in [0.2, 0.25) is 0 Å². The zero-order chi connectivity index (χ0) is 37.8. The van der Waals surface area contributed by atoms with E-state index in [0.29, 0.717) is 11.8 Å². The van der Waals surface area contributed by atoms with Gasteiger partial charge >= 0.3 is 0 Å². The van der Waals surface area contributed by atoms with Crippen molar-refractivity contribution < 1.29 is 8.81 Å². The van der Waals surface area contributed by atoms with E-state index in [4.69, 9.17) is 4.42 Å². The molecule has 0 aliphatic carbocycles. The van der Waals surface area contributed by atoms with Crippen LogP contribution in [-0.4, -0.2) is 0 Å². The molecule has 0 amide bonds. The fourth-order valence-corrected chi connectivity index (χ4v) is 7.97. The van der Waals surface area contributed by atoms with Crippen molar-refractivity contribution in [2.24, 2.45) is 0 Å². The van der Waals surface area contributed by atoms with Crippen LogP contribution in [0.5, 0.6) is 0 Å². The van der Waals surface area contributed by atoms with Gasteiger partial charge in [-0.05, 0) is 188 Å². The van der Waals surface area contributed by atoms with Crippen LogP contribution in [0.25, 0.3) is 43.5 Å². The number of furan rings is 1. The predicted octanol–water partition coefficient (Wildman–Crippen LogP) is 15.8. The molecule has 9 aromatic rings. The molecular weight excluding hydrogens is 790 g/mol. The number of fused-ring (bicyclic) bond motifs is 5. The van der Waals surface area contributed by atoms with E-state index in [-0.39, 0.29) is 5.82 Å². The van der Waals surface area contributed by atoms with Crippen molar-refractivity contribution >= 4 is 100 Å². The van der Waals surface area contributed by atoms with Crippen LogP contribution in [-0.2, 0) is 0 Å². The lowest BCUT2D eigenvalue weighted by molar-refractivity contribution is 0.628. The largest absolute Gasteiger partial charge is 0.456 e. The minimum absolute atomic E-state index is 0.256. The van der Waals surface area contributed by atoms with E-state index in [1.54, 1.807) is 0 Å². The molecule has 0 saturated carbocycles. The molecule has 9 rings (SSSR count). The molecule has 1 heterocycles. The number of nitrogens with zero attached hydrogens (tertiary/aromatic N) is 2. The highest BCUT2D eigenvalue weighted by Gasteiger charge is 2.18. The van der Waals surface area contributed by atoms with Crippen molar-refractivity contribution in [3.8, 4) is 0 Å². The van der Waals surface area contributed by atoms with Gasteiger partial charge in [-0.3, -0.25) is 0 Å². The van der Waals surface area contributed by atoms with Gasteiger partial charge in [0.05, 0.1) is 0 Å². The average Bonchev–Trinajstić information content (AvgIpc) is 3.53. The van der Waals surface area contributed by atoms with E-state index in [9.17, 15) is 4.39 Å². The van der Waals surface area contributed by atoms with Crippen LogP contribution in [0.3, 0.4) is 0 Å². The van der Waals surface area contributed by atoms with Crippen LogP contribution in [0, 0.1) is 9.39 Å². The van der Waals surface area contributed by atoms with Crippen LogP contribution >= 0.6 is 22.6 Å². The molecule has 270 valence electrons. The SMILES string of the molecule is CC(C)c1ccc(N(c2ccc(F)cc2)c2ccc3cc4c(cc3c2)oc2cc3cc(N(c5ccc(I)cc5)c5ccc(C(C)C)cc5)ccc3cc24)cc1. The second-order valence-corrected chi connectivity index (χ2v) is 16.2. The molecule has 0 fully saturated rings. The first-order chi connectivity index (χ1) is 26.7. The fraction of sp³-hybridized carbons (Fsp3) is 0.120. The Morgan fingerprint density at radius 3 is 1.18 bits per heavy atom. The number of benzene rings is 8. The third-order valence-electron chi connectivity index (χ3n) is 10.7. The van der Waals surface area contributed by atoms with E-state index in [2.05, 4.69) is 194 Å². The summed E-state index contributed by atoms with van der Waals surface area (Å²) in [6, 6.07) is 54.9. The lowest BCUT2D eigenvalue weighted by atomic mass is 10.0. The minimum Gasteiger partial charge on any atom is -0.456 e. The van der Waals surface area contributed by atoms with Crippen molar-refractivity contribution in [1.82, 2.24) is 0 Å². The highest BCUT2D eigenvalue weighted by atomic mass is 127. The van der Waals surface area contributed by atoms with Gasteiger partial charge in [0.1, 0.15) is 17.0 Å². The van der Waals surface area contributed by atoms with E-state index >= 15 is 0 Å². The molecule has 0 aliphatic heterocycles. The molecule has 3 nitrogen and oxygen atoms in total. The molecule has 0 N–H and O–H groups in total. The van der Waals surface area contributed by atoms with Crippen molar-refractivity contribution in [2.75, 3.05) is 9.80 Å². The predicted molar refractivity (Wildman–Crippen MR) is 239 cm³/mol. The number of hydrogen-bond acceptors (Lipinski definition) is 3. The molecule has 0 bridgehead atoms. The third-order valence-corrected chi connectivity index (χ3v) is 11.4. The normalized spacial score (nSPS) is 11.8. The van der Waals surface area contributed by atoms with Gasteiger partial charge in [0.2, 0.25) is 0 Å². The van der Waals surface area contributed by atoms with Gasteiger partial charge in [0.15, 0.2) is 0 Å². The number of rotatable bonds is 8. The molecule has 0 saturated heterocycles. The average molecular weight is 831 g/mol. The second-order valence-electron chi connectivity index (χ2n) is 15.0. The summed E-state index contributed by atoms with van der Waals surface area (Å²) < 4.78 is 21.9. The molecule has 55 heavy (non-hydrogen) atoms. The van der Waals surface area contributed by atoms with Crippen molar-refractivity contribution in [3.05, 3.63) is 178 Å². The van der Waals surface area contributed by atoms with E-state index in [1.807, 2.05) is 12.1 Å². The van der Waals surface area contributed by atoms with Gasteiger partial charge in [0.25, 0.3) is 0 Å². The molecule has 5 heteroatoms. The van der Waals surface area contributed by atoms with Gasteiger partial charge < -0.3 is 14.2 Å². The Morgan fingerprint density at radius 1 is 0.418 bits per heavy atom. The number of anilines is 6. The molecular formula is C50H40FIN2O. The summed E-state index contributed by atoms with van der Waals surface area (Å²) in [5, 5.41) is 6.65. The van der Waals surface area contributed by atoms with Gasteiger partial charge in [-0.25, -0.2) is 4.39 Å². The van der Waals surface area contributed by atoms with E-state index in [1.165, 1.54) is 26.8 Å². The fourth-order valence-electron chi connectivity index (χ4n) is 7.61. The van der Waals surface area contributed by atoms with Crippen molar-refractivity contribution in [1.29, 1.82) is 0 Å². The summed E-state index contributed by atoms with van der Waals surface area (Å²) in [5.74, 6) is 0.643. The lowest BCUT2D eigenvalue weighted by Crippen LogP contribution is -2.10. The summed E-state index contributed by atoms with van der Waals surface area (Å²) in [6.45, 7) is 8.85. The maximum absolute atomic E-state index is 14.0.